The summed E-state index contributed by atoms with van der Waals surface area (Å²) in [6.07, 6.45) is 2.25. The molecule has 0 saturated heterocycles. The second-order valence-electron chi connectivity index (χ2n) is 5.02. The molecule has 0 saturated carbocycles. The number of benzene rings is 1. The van der Waals surface area contributed by atoms with E-state index in [1.165, 1.54) is 34.4 Å². The van der Waals surface area contributed by atoms with Crippen LogP contribution in [-0.2, 0) is 6.42 Å². The number of rotatable bonds is 7. The molecule has 0 fully saturated rings. The number of hydrogen-bond donors (Lipinski definition) is 2. The number of aryl methyl sites for hydroxylation is 3. The van der Waals surface area contributed by atoms with E-state index in [0.717, 1.165) is 12.2 Å². The molecule has 1 atom stereocenters. The average Bonchev–Trinajstić information content (AvgIpc) is 2.31. The molecule has 0 radical (unpaired) electrons. The van der Waals surface area contributed by atoms with Gasteiger partial charge in [0.15, 0.2) is 0 Å². The summed E-state index contributed by atoms with van der Waals surface area (Å²) in [6, 6.07) is 4.88. The summed E-state index contributed by atoms with van der Waals surface area (Å²) < 4.78 is 0. The van der Waals surface area contributed by atoms with Gasteiger partial charge in [-0.15, -0.1) is 0 Å². The Bertz CT molecular complexity index is 354. The maximum absolute atomic E-state index is 5.67. The number of nitrogens with one attached hydrogen (secondary N) is 1. The van der Waals surface area contributed by atoms with Gasteiger partial charge in [0, 0.05) is 11.8 Å². The Morgan fingerprint density at radius 1 is 1.22 bits per heavy atom. The SMILES string of the molecule is CCCSCC(Cc1c(C)cc(C)cc1C)NN. The zero-order chi connectivity index (χ0) is 13.5. The van der Waals surface area contributed by atoms with Crippen molar-refractivity contribution in [3.63, 3.8) is 0 Å². The fourth-order valence-electron chi connectivity index (χ4n) is 2.31. The lowest BCUT2D eigenvalue weighted by Crippen LogP contribution is -2.39. The van der Waals surface area contributed by atoms with Crippen LogP contribution in [0, 0.1) is 20.8 Å². The predicted molar refractivity (Wildman–Crippen MR) is 83.1 cm³/mol. The Kier molecular flexibility index (Phi) is 6.76. The molecule has 3 heteroatoms. The first-order valence-corrected chi connectivity index (χ1v) is 7.84. The summed E-state index contributed by atoms with van der Waals surface area (Å²) >= 11 is 1.98. The lowest BCUT2D eigenvalue weighted by Gasteiger charge is -2.19. The molecule has 0 aromatic heterocycles. The zero-order valence-electron chi connectivity index (χ0n) is 12.0. The fourth-order valence-corrected chi connectivity index (χ4v) is 3.27. The first-order valence-electron chi connectivity index (χ1n) is 6.69. The molecule has 3 N–H and O–H groups in total. The fraction of sp³-hybridized carbons (Fsp3) is 0.600. The van der Waals surface area contributed by atoms with Crippen LogP contribution in [0.4, 0.5) is 0 Å². The van der Waals surface area contributed by atoms with Crippen molar-refractivity contribution in [1.29, 1.82) is 0 Å². The molecular formula is C15H26N2S. The molecule has 0 aliphatic carbocycles. The Morgan fingerprint density at radius 2 is 1.83 bits per heavy atom. The number of thioether (sulfide) groups is 1. The zero-order valence-corrected chi connectivity index (χ0v) is 12.9. The molecule has 2 nitrogen and oxygen atoms in total. The summed E-state index contributed by atoms with van der Waals surface area (Å²) in [4.78, 5) is 0. The first kappa shape index (κ1) is 15.5. The van der Waals surface area contributed by atoms with Crippen molar-refractivity contribution in [1.82, 2.24) is 5.43 Å². The van der Waals surface area contributed by atoms with Crippen molar-refractivity contribution in [3.8, 4) is 0 Å². The van der Waals surface area contributed by atoms with Crippen molar-refractivity contribution in [2.45, 2.75) is 46.6 Å². The van der Waals surface area contributed by atoms with Crippen LogP contribution in [0.15, 0.2) is 12.1 Å². The smallest absolute Gasteiger partial charge is 0.0341 e. The van der Waals surface area contributed by atoms with Crippen LogP contribution < -0.4 is 11.3 Å². The van der Waals surface area contributed by atoms with Gasteiger partial charge in [0.1, 0.15) is 0 Å². The second kappa shape index (κ2) is 7.82. The van der Waals surface area contributed by atoms with E-state index in [-0.39, 0.29) is 0 Å². The van der Waals surface area contributed by atoms with Gasteiger partial charge in [-0.1, -0.05) is 24.6 Å². The summed E-state index contributed by atoms with van der Waals surface area (Å²) in [6.45, 7) is 8.76. The molecule has 1 aromatic carbocycles. The molecule has 1 rings (SSSR count). The topological polar surface area (TPSA) is 38.0 Å². The molecule has 18 heavy (non-hydrogen) atoms. The third kappa shape index (κ3) is 4.63. The van der Waals surface area contributed by atoms with Crippen molar-refractivity contribution >= 4 is 11.8 Å². The maximum Gasteiger partial charge on any atom is 0.0341 e. The van der Waals surface area contributed by atoms with Gasteiger partial charge in [0.05, 0.1) is 0 Å². The van der Waals surface area contributed by atoms with Crippen LogP contribution in [0.1, 0.15) is 35.6 Å². The van der Waals surface area contributed by atoms with Crippen molar-refractivity contribution in [2.24, 2.45) is 5.84 Å². The molecular weight excluding hydrogens is 240 g/mol. The summed E-state index contributed by atoms with van der Waals surface area (Å²) in [7, 11) is 0. The van der Waals surface area contributed by atoms with Gasteiger partial charge in [-0.3, -0.25) is 11.3 Å². The first-order chi connectivity index (χ1) is 8.58. The van der Waals surface area contributed by atoms with Crippen LogP contribution in [0.25, 0.3) is 0 Å². The Labute approximate surface area is 116 Å². The van der Waals surface area contributed by atoms with E-state index in [0.29, 0.717) is 6.04 Å². The second-order valence-corrected chi connectivity index (χ2v) is 6.17. The van der Waals surface area contributed by atoms with E-state index in [4.69, 9.17) is 5.84 Å². The van der Waals surface area contributed by atoms with Gasteiger partial charge in [-0.25, -0.2) is 0 Å². The monoisotopic (exact) mass is 266 g/mol. The standard InChI is InChI=1S/C15H26N2S/c1-5-6-18-10-14(17-16)9-15-12(3)7-11(2)8-13(15)4/h7-8,14,17H,5-6,9-10,16H2,1-4H3. The Morgan fingerprint density at radius 3 is 2.33 bits per heavy atom. The van der Waals surface area contributed by atoms with Crippen LogP contribution in [-0.4, -0.2) is 17.5 Å². The minimum atomic E-state index is 0.363. The van der Waals surface area contributed by atoms with Crippen molar-refractivity contribution in [2.75, 3.05) is 11.5 Å². The lowest BCUT2D eigenvalue weighted by molar-refractivity contribution is 0.573. The highest BCUT2D eigenvalue weighted by molar-refractivity contribution is 7.99. The van der Waals surface area contributed by atoms with Gasteiger partial charge in [-0.2, -0.15) is 11.8 Å². The van der Waals surface area contributed by atoms with E-state index in [2.05, 4.69) is 45.3 Å². The molecule has 0 heterocycles. The van der Waals surface area contributed by atoms with Gasteiger partial charge in [0.2, 0.25) is 0 Å². The highest BCUT2D eigenvalue weighted by Crippen LogP contribution is 2.19. The molecule has 102 valence electrons. The predicted octanol–water partition coefficient (Wildman–Crippen LogP) is 3.13. The molecule has 0 spiro atoms. The maximum atomic E-state index is 5.67. The molecule has 0 bridgehead atoms. The van der Waals surface area contributed by atoms with Gasteiger partial charge < -0.3 is 0 Å². The van der Waals surface area contributed by atoms with Crippen molar-refractivity contribution < 1.29 is 0 Å². The van der Waals surface area contributed by atoms with E-state index in [1.807, 2.05) is 11.8 Å². The molecule has 1 unspecified atom stereocenters. The Hall–Kier alpha value is -0.510. The van der Waals surface area contributed by atoms with Crippen LogP contribution >= 0.6 is 11.8 Å². The minimum Gasteiger partial charge on any atom is -0.271 e. The third-order valence-corrected chi connectivity index (χ3v) is 4.53. The van der Waals surface area contributed by atoms with Crippen LogP contribution in [0.2, 0.25) is 0 Å². The largest absolute Gasteiger partial charge is 0.271 e. The molecule has 0 aliphatic rings. The average molecular weight is 266 g/mol. The third-order valence-electron chi connectivity index (χ3n) is 3.19. The number of hydrazine groups is 1. The highest BCUT2D eigenvalue weighted by atomic mass is 32.2. The quantitative estimate of drug-likeness (QED) is 0.452. The van der Waals surface area contributed by atoms with E-state index in [9.17, 15) is 0 Å². The summed E-state index contributed by atoms with van der Waals surface area (Å²) in [5.41, 5.74) is 8.51. The van der Waals surface area contributed by atoms with E-state index >= 15 is 0 Å². The van der Waals surface area contributed by atoms with Gasteiger partial charge in [0.25, 0.3) is 0 Å². The van der Waals surface area contributed by atoms with Crippen molar-refractivity contribution in [3.05, 3.63) is 34.4 Å². The minimum absolute atomic E-state index is 0.363. The van der Waals surface area contributed by atoms with Gasteiger partial charge in [-0.05, 0) is 56.1 Å². The molecule has 1 aromatic rings. The number of nitrogens with two attached hydrogens (primary N) is 1. The Balaban J connectivity index is 2.69. The number of hydrogen-bond acceptors (Lipinski definition) is 3. The van der Waals surface area contributed by atoms with Crippen LogP contribution in [0.5, 0.6) is 0 Å². The van der Waals surface area contributed by atoms with Gasteiger partial charge >= 0.3 is 0 Å². The summed E-state index contributed by atoms with van der Waals surface area (Å²) in [5.74, 6) is 7.96. The van der Waals surface area contributed by atoms with E-state index in [1.54, 1.807) is 0 Å². The molecule has 0 aliphatic heterocycles. The van der Waals surface area contributed by atoms with Crippen LogP contribution in [0.3, 0.4) is 0 Å². The van der Waals surface area contributed by atoms with E-state index < -0.39 is 0 Å². The normalized spacial score (nSPS) is 12.7. The molecule has 0 amide bonds. The summed E-state index contributed by atoms with van der Waals surface area (Å²) in [5, 5.41) is 0. The lowest BCUT2D eigenvalue weighted by atomic mass is 9.95. The highest BCUT2D eigenvalue weighted by Gasteiger charge is 2.11.